The van der Waals surface area contributed by atoms with Crippen LogP contribution in [0.15, 0.2) is 47.5 Å². The summed E-state index contributed by atoms with van der Waals surface area (Å²) in [5, 5.41) is 10.5. The van der Waals surface area contributed by atoms with Crippen LogP contribution in [0.4, 0.5) is 5.69 Å². The van der Waals surface area contributed by atoms with Gasteiger partial charge in [0.15, 0.2) is 5.43 Å². The SMILES string of the molecule is O=C(Oc1ccc([N+](=O)[O-])cc1)c1c[nH]ccc1=O. The second-order valence-electron chi connectivity index (χ2n) is 3.56. The highest BCUT2D eigenvalue weighted by molar-refractivity contribution is 5.90. The molecule has 1 heterocycles. The summed E-state index contributed by atoms with van der Waals surface area (Å²) in [7, 11) is 0. The molecular weight excluding hydrogens is 252 g/mol. The summed E-state index contributed by atoms with van der Waals surface area (Å²) in [5.41, 5.74) is -0.719. The standard InChI is InChI=1S/C12H8N2O5/c15-11-5-6-13-7-10(11)12(16)19-9-3-1-8(2-4-9)14(17)18/h1-7H,(H,13,15). The lowest BCUT2D eigenvalue weighted by Gasteiger charge is -2.02. The number of hydrogen-bond donors (Lipinski definition) is 1. The maximum Gasteiger partial charge on any atom is 0.349 e. The molecule has 0 radical (unpaired) electrons. The number of carbonyl (C=O) groups excluding carboxylic acids is 1. The van der Waals surface area contributed by atoms with Gasteiger partial charge in [0, 0.05) is 30.6 Å². The van der Waals surface area contributed by atoms with Crippen molar-refractivity contribution in [2.24, 2.45) is 0 Å². The number of nitro groups is 1. The normalized spacial score (nSPS) is 9.89. The summed E-state index contributed by atoms with van der Waals surface area (Å²) < 4.78 is 4.93. The molecule has 7 heteroatoms. The van der Waals surface area contributed by atoms with E-state index in [1.165, 1.54) is 42.7 Å². The van der Waals surface area contributed by atoms with Crippen molar-refractivity contribution in [3.8, 4) is 5.75 Å². The average molecular weight is 260 g/mol. The van der Waals surface area contributed by atoms with Crippen LogP contribution in [0.25, 0.3) is 0 Å². The minimum absolute atomic E-state index is 0.114. The number of ether oxygens (including phenoxy) is 1. The molecule has 0 fully saturated rings. The number of benzene rings is 1. The molecule has 1 aromatic carbocycles. The van der Waals surface area contributed by atoms with E-state index in [2.05, 4.69) is 4.98 Å². The van der Waals surface area contributed by atoms with Crippen LogP contribution >= 0.6 is 0 Å². The van der Waals surface area contributed by atoms with Crippen LogP contribution in [0.5, 0.6) is 5.75 Å². The van der Waals surface area contributed by atoms with Crippen molar-refractivity contribution in [3.05, 3.63) is 68.6 Å². The Morgan fingerprint density at radius 1 is 1.21 bits per heavy atom. The van der Waals surface area contributed by atoms with Gasteiger partial charge < -0.3 is 9.72 Å². The van der Waals surface area contributed by atoms with Crippen molar-refractivity contribution >= 4 is 11.7 Å². The van der Waals surface area contributed by atoms with Gasteiger partial charge in [-0.3, -0.25) is 14.9 Å². The Morgan fingerprint density at radius 3 is 2.47 bits per heavy atom. The molecule has 0 amide bonds. The number of hydrogen-bond acceptors (Lipinski definition) is 5. The third kappa shape index (κ3) is 2.83. The smallest absolute Gasteiger partial charge is 0.349 e. The van der Waals surface area contributed by atoms with Crippen LogP contribution in [0, 0.1) is 10.1 Å². The van der Waals surface area contributed by atoms with Crippen molar-refractivity contribution in [2.75, 3.05) is 0 Å². The van der Waals surface area contributed by atoms with Gasteiger partial charge in [0.1, 0.15) is 11.3 Å². The molecule has 2 aromatic rings. The predicted octanol–water partition coefficient (Wildman–Crippen LogP) is 1.50. The maximum absolute atomic E-state index is 11.7. The number of aromatic amines is 1. The largest absolute Gasteiger partial charge is 0.423 e. The Bertz CT molecular complexity index is 675. The molecule has 0 aliphatic carbocycles. The quantitative estimate of drug-likeness (QED) is 0.390. The molecule has 0 saturated carbocycles. The van der Waals surface area contributed by atoms with E-state index < -0.39 is 16.3 Å². The third-order valence-electron chi connectivity index (χ3n) is 2.30. The lowest BCUT2D eigenvalue weighted by Crippen LogP contribution is -2.18. The van der Waals surface area contributed by atoms with Crippen LogP contribution < -0.4 is 10.2 Å². The highest BCUT2D eigenvalue weighted by Gasteiger charge is 2.13. The van der Waals surface area contributed by atoms with Gasteiger partial charge in [0.2, 0.25) is 0 Å². The van der Waals surface area contributed by atoms with E-state index in [-0.39, 0.29) is 17.0 Å². The van der Waals surface area contributed by atoms with E-state index in [0.29, 0.717) is 0 Å². The minimum atomic E-state index is -0.823. The van der Waals surface area contributed by atoms with Gasteiger partial charge in [-0.25, -0.2) is 4.79 Å². The van der Waals surface area contributed by atoms with E-state index in [1.807, 2.05) is 0 Å². The number of esters is 1. The lowest BCUT2D eigenvalue weighted by atomic mass is 10.2. The molecule has 0 aliphatic heterocycles. The number of nitrogens with zero attached hydrogens (tertiary/aromatic N) is 1. The fraction of sp³-hybridized carbons (Fsp3) is 0. The zero-order valence-corrected chi connectivity index (χ0v) is 9.53. The van der Waals surface area contributed by atoms with Gasteiger partial charge in [-0.2, -0.15) is 0 Å². The second kappa shape index (κ2) is 5.13. The van der Waals surface area contributed by atoms with Crippen LogP contribution in [0.3, 0.4) is 0 Å². The molecule has 0 unspecified atom stereocenters. The summed E-state index contributed by atoms with van der Waals surface area (Å²) in [4.78, 5) is 35.6. The van der Waals surface area contributed by atoms with Crippen molar-refractivity contribution in [2.45, 2.75) is 0 Å². The first-order chi connectivity index (χ1) is 9.08. The molecule has 0 aliphatic rings. The molecule has 7 nitrogen and oxygen atoms in total. The molecule has 96 valence electrons. The molecule has 0 saturated heterocycles. The van der Waals surface area contributed by atoms with Crippen molar-refractivity contribution < 1.29 is 14.5 Å². The Balaban J connectivity index is 2.18. The topological polar surface area (TPSA) is 102 Å². The van der Waals surface area contributed by atoms with E-state index in [1.54, 1.807) is 0 Å². The molecule has 19 heavy (non-hydrogen) atoms. The van der Waals surface area contributed by atoms with E-state index in [0.717, 1.165) is 0 Å². The number of carbonyl (C=O) groups is 1. The molecule has 2 rings (SSSR count). The second-order valence-corrected chi connectivity index (χ2v) is 3.56. The van der Waals surface area contributed by atoms with E-state index >= 15 is 0 Å². The Kier molecular flexibility index (Phi) is 3.37. The molecule has 0 atom stereocenters. The first kappa shape index (κ1) is 12.5. The van der Waals surface area contributed by atoms with Gasteiger partial charge in [-0.1, -0.05) is 0 Å². The van der Waals surface area contributed by atoms with Gasteiger partial charge in [-0.05, 0) is 12.1 Å². The van der Waals surface area contributed by atoms with Gasteiger partial charge in [0.05, 0.1) is 4.92 Å². The fourth-order valence-electron chi connectivity index (χ4n) is 1.37. The summed E-state index contributed by atoms with van der Waals surface area (Å²) in [6.45, 7) is 0. The number of non-ortho nitro benzene ring substituents is 1. The average Bonchev–Trinajstić information content (AvgIpc) is 2.39. The Hall–Kier alpha value is -2.96. The van der Waals surface area contributed by atoms with Crippen LogP contribution in [0.2, 0.25) is 0 Å². The maximum atomic E-state index is 11.7. The molecule has 0 bridgehead atoms. The van der Waals surface area contributed by atoms with Crippen LogP contribution in [-0.2, 0) is 0 Å². The number of H-pyrrole nitrogens is 1. The summed E-state index contributed by atoms with van der Waals surface area (Å²) in [6, 6.07) is 6.18. The first-order valence-corrected chi connectivity index (χ1v) is 5.21. The molecule has 0 spiro atoms. The summed E-state index contributed by atoms with van der Waals surface area (Å²) >= 11 is 0. The van der Waals surface area contributed by atoms with Crippen LogP contribution in [0.1, 0.15) is 10.4 Å². The van der Waals surface area contributed by atoms with Gasteiger partial charge in [0.25, 0.3) is 5.69 Å². The van der Waals surface area contributed by atoms with Crippen molar-refractivity contribution in [1.82, 2.24) is 4.98 Å². The highest BCUT2D eigenvalue weighted by Crippen LogP contribution is 2.17. The van der Waals surface area contributed by atoms with Gasteiger partial charge >= 0.3 is 5.97 Å². The van der Waals surface area contributed by atoms with Gasteiger partial charge in [-0.15, -0.1) is 0 Å². The molecule has 1 aromatic heterocycles. The monoisotopic (exact) mass is 260 g/mol. The first-order valence-electron chi connectivity index (χ1n) is 5.21. The number of pyridine rings is 1. The van der Waals surface area contributed by atoms with Crippen molar-refractivity contribution in [3.63, 3.8) is 0 Å². The fourth-order valence-corrected chi connectivity index (χ4v) is 1.37. The van der Waals surface area contributed by atoms with E-state index in [4.69, 9.17) is 4.74 Å². The lowest BCUT2D eigenvalue weighted by molar-refractivity contribution is -0.384. The summed E-state index contributed by atoms with van der Waals surface area (Å²) in [5.74, 6) is -0.699. The third-order valence-corrected chi connectivity index (χ3v) is 2.30. The molecular formula is C12H8N2O5. The molecule has 1 N–H and O–H groups in total. The minimum Gasteiger partial charge on any atom is -0.423 e. The predicted molar refractivity (Wildman–Crippen MR) is 65.1 cm³/mol. The zero-order valence-electron chi connectivity index (χ0n) is 9.53. The number of nitro benzene ring substituents is 1. The summed E-state index contributed by atoms with van der Waals surface area (Å²) in [6.07, 6.45) is 2.63. The Labute approximate surface area is 106 Å². The van der Waals surface area contributed by atoms with Crippen LogP contribution in [-0.4, -0.2) is 15.9 Å². The number of nitrogens with one attached hydrogen (secondary N) is 1. The zero-order chi connectivity index (χ0) is 13.8. The number of aromatic nitrogens is 1. The Morgan fingerprint density at radius 2 is 1.89 bits per heavy atom. The highest BCUT2D eigenvalue weighted by atomic mass is 16.6. The van der Waals surface area contributed by atoms with Crippen molar-refractivity contribution in [1.29, 1.82) is 0 Å². The van der Waals surface area contributed by atoms with E-state index in [9.17, 15) is 19.7 Å². The number of rotatable bonds is 3.